The molecule has 0 aliphatic carbocycles. The number of para-hydroxylation sites is 2. The molecule has 0 radical (unpaired) electrons. The molecule has 3 rings (SSSR count). The number of aryl methyl sites for hydroxylation is 1. The molecule has 2 aromatic rings. The van der Waals surface area contributed by atoms with Crippen LogP contribution < -0.4 is 15.4 Å². The van der Waals surface area contributed by atoms with Crippen LogP contribution in [-0.4, -0.2) is 30.3 Å². The lowest BCUT2D eigenvalue weighted by Gasteiger charge is -2.16. The first-order chi connectivity index (χ1) is 13.0. The van der Waals surface area contributed by atoms with Crippen molar-refractivity contribution < 1.29 is 14.3 Å². The van der Waals surface area contributed by atoms with Crippen molar-refractivity contribution in [1.29, 1.82) is 0 Å². The molecule has 2 aromatic carbocycles. The first-order valence-electron chi connectivity index (χ1n) is 8.75. The molecule has 1 unspecified atom stereocenters. The summed E-state index contributed by atoms with van der Waals surface area (Å²) in [5.74, 6) is 0.428. The zero-order chi connectivity index (χ0) is 19.2. The largest absolute Gasteiger partial charge is 0.489 e. The van der Waals surface area contributed by atoms with Gasteiger partial charge < -0.3 is 14.8 Å². The van der Waals surface area contributed by atoms with Gasteiger partial charge in [0, 0.05) is 15.7 Å². The molecule has 5 nitrogen and oxygen atoms in total. The van der Waals surface area contributed by atoms with Gasteiger partial charge in [-0.2, -0.15) is 0 Å². The number of halogens is 1. The lowest BCUT2D eigenvalue weighted by molar-refractivity contribution is 0.0682. The van der Waals surface area contributed by atoms with Crippen LogP contribution in [0.1, 0.15) is 28.8 Å². The number of nitrogens with one attached hydrogen (secondary N) is 2. The van der Waals surface area contributed by atoms with Crippen molar-refractivity contribution in [3.8, 4) is 5.75 Å². The second-order valence-electron chi connectivity index (χ2n) is 6.31. The maximum atomic E-state index is 12.4. The Balaban J connectivity index is 1.60. The summed E-state index contributed by atoms with van der Waals surface area (Å²) in [5, 5.41) is 5.98. The normalized spacial score (nSPS) is 16.0. The van der Waals surface area contributed by atoms with Gasteiger partial charge in [-0.15, -0.1) is 0 Å². The summed E-state index contributed by atoms with van der Waals surface area (Å²) in [6.07, 6.45) is 2.22. The van der Waals surface area contributed by atoms with Gasteiger partial charge in [0.25, 0.3) is 5.91 Å². The van der Waals surface area contributed by atoms with Gasteiger partial charge in [0.1, 0.15) is 12.4 Å². The van der Waals surface area contributed by atoms with Gasteiger partial charge >= 0.3 is 0 Å². The molecule has 27 heavy (non-hydrogen) atoms. The zero-order valence-corrected chi connectivity index (χ0v) is 17.9. The monoisotopic (exact) mass is 496 g/mol. The van der Waals surface area contributed by atoms with E-state index in [0.29, 0.717) is 23.6 Å². The van der Waals surface area contributed by atoms with Crippen LogP contribution in [0, 0.1) is 10.5 Å². The number of hydrogen-bond acceptors (Lipinski definition) is 4. The van der Waals surface area contributed by atoms with E-state index in [4.69, 9.17) is 21.7 Å². The van der Waals surface area contributed by atoms with Crippen molar-refractivity contribution in [2.75, 3.05) is 18.5 Å². The van der Waals surface area contributed by atoms with Gasteiger partial charge in [-0.25, -0.2) is 0 Å². The lowest BCUT2D eigenvalue weighted by atomic mass is 10.1. The third-order valence-electron chi connectivity index (χ3n) is 4.25. The number of ether oxygens (including phenoxy) is 2. The Morgan fingerprint density at radius 1 is 1.33 bits per heavy atom. The third-order valence-corrected chi connectivity index (χ3v) is 5.61. The van der Waals surface area contributed by atoms with Crippen molar-refractivity contribution in [3.05, 3.63) is 57.2 Å². The van der Waals surface area contributed by atoms with Crippen LogP contribution in [0.4, 0.5) is 5.69 Å². The predicted molar refractivity (Wildman–Crippen MR) is 118 cm³/mol. The molecule has 1 aliphatic rings. The summed E-state index contributed by atoms with van der Waals surface area (Å²) in [5.41, 5.74) is 2.40. The summed E-state index contributed by atoms with van der Waals surface area (Å²) in [6, 6.07) is 13.0. The smallest absolute Gasteiger partial charge is 0.257 e. The van der Waals surface area contributed by atoms with Crippen molar-refractivity contribution in [2.45, 2.75) is 25.9 Å². The van der Waals surface area contributed by atoms with Gasteiger partial charge in [-0.05, 0) is 84.4 Å². The number of thiocarbonyl (C=S) groups is 1. The van der Waals surface area contributed by atoms with Crippen molar-refractivity contribution in [3.63, 3.8) is 0 Å². The number of anilines is 1. The topological polar surface area (TPSA) is 59.6 Å². The number of carbonyl (C=O) groups is 1. The summed E-state index contributed by atoms with van der Waals surface area (Å²) >= 11 is 7.51. The summed E-state index contributed by atoms with van der Waals surface area (Å²) in [7, 11) is 0. The van der Waals surface area contributed by atoms with Crippen LogP contribution >= 0.6 is 34.8 Å². The molecular weight excluding hydrogens is 475 g/mol. The van der Waals surface area contributed by atoms with E-state index >= 15 is 0 Å². The highest BCUT2D eigenvalue weighted by Gasteiger charge is 2.17. The maximum absolute atomic E-state index is 12.4. The molecular formula is C20H21IN2O3S. The zero-order valence-electron chi connectivity index (χ0n) is 15.0. The van der Waals surface area contributed by atoms with Gasteiger partial charge in [0.2, 0.25) is 0 Å². The fraction of sp³-hybridized carbons (Fsp3) is 0.300. The summed E-state index contributed by atoms with van der Waals surface area (Å²) in [6.45, 7) is 3.30. The quantitative estimate of drug-likeness (QED) is 0.478. The van der Waals surface area contributed by atoms with Crippen molar-refractivity contribution in [2.24, 2.45) is 0 Å². The minimum atomic E-state index is -0.247. The Labute approximate surface area is 178 Å². The maximum Gasteiger partial charge on any atom is 0.257 e. The van der Waals surface area contributed by atoms with E-state index in [0.717, 1.165) is 28.6 Å². The molecule has 142 valence electrons. The molecule has 0 bridgehead atoms. The van der Waals surface area contributed by atoms with Crippen LogP contribution in [0.25, 0.3) is 0 Å². The highest BCUT2D eigenvalue weighted by atomic mass is 127. The molecule has 1 heterocycles. The number of amides is 1. The number of benzene rings is 2. The lowest BCUT2D eigenvalue weighted by Crippen LogP contribution is -2.34. The summed E-state index contributed by atoms with van der Waals surface area (Å²) < 4.78 is 12.5. The van der Waals surface area contributed by atoms with Gasteiger partial charge in [-0.1, -0.05) is 18.2 Å². The SMILES string of the molecule is Cc1ccc(C(=O)NC(=S)Nc2ccccc2OCC2CCCO2)cc1I. The van der Waals surface area contributed by atoms with E-state index in [2.05, 4.69) is 33.2 Å². The van der Waals surface area contributed by atoms with Crippen molar-refractivity contribution >= 4 is 51.5 Å². The van der Waals surface area contributed by atoms with E-state index in [9.17, 15) is 4.79 Å². The van der Waals surface area contributed by atoms with E-state index in [-0.39, 0.29) is 17.1 Å². The Morgan fingerprint density at radius 2 is 2.15 bits per heavy atom. The van der Waals surface area contributed by atoms with Crippen LogP contribution in [0.15, 0.2) is 42.5 Å². The van der Waals surface area contributed by atoms with E-state index in [1.807, 2.05) is 43.3 Å². The Hall–Kier alpha value is -1.71. The Morgan fingerprint density at radius 3 is 2.89 bits per heavy atom. The predicted octanol–water partition coefficient (Wildman–Crippen LogP) is 4.28. The molecule has 1 atom stereocenters. The minimum Gasteiger partial charge on any atom is -0.489 e. The molecule has 7 heteroatoms. The highest BCUT2D eigenvalue weighted by molar-refractivity contribution is 14.1. The first-order valence-corrected chi connectivity index (χ1v) is 10.2. The van der Waals surface area contributed by atoms with Crippen LogP contribution in [-0.2, 0) is 4.74 Å². The van der Waals surface area contributed by atoms with Crippen molar-refractivity contribution in [1.82, 2.24) is 5.32 Å². The Bertz CT molecular complexity index is 838. The average Bonchev–Trinajstić information content (AvgIpc) is 3.16. The molecule has 1 saturated heterocycles. The van der Waals surface area contributed by atoms with Crippen LogP contribution in [0.3, 0.4) is 0 Å². The number of hydrogen-bond donors (Lipinski definition) is 2. The van der Waals surface area contributed by atoms with Gasteiger partial charge in [0.15, 0.2) is 5.11 Å². The highest BCUT2D eigenvalue weighted by Crippen LogP contribution is 2.25. The molecule has 1 amide bonds. The standard InChI is InChI=1S/C20H21IN2O3S/c1-13-8-9-14(11-16(13)21)19(24)23-20(27)22-17-6-2-3-7-18(17)26-12-15-5-4-10-25-15/h2-3,6-9,11,15H,4-5,10,12H2,1H3,(H2,22,23,24,27). The van der Waals surface area contributed by atoms with E-state index < -0.39 is 0 Å². The molecule has 2 N–H and O–H groups in total. The third kappa shape index (κ3) is 5.63. The number of carbonyl (C=O) groups excluding carboxylic acids is 1. The second-order valence-corrected chi connectivity index (χ2v) is 7.88. The minimum absolute atomic E-state index is 0.133. The van der Waals surface area contributed by atoms with Gasteiger partial charge in [-0.3, -0.25) is 10.1 Å². The molecule has 0 aromatic heterocycles. The molecule has 0 spiro atoms. The fourth-order valence-electron chi connectivity index (χ4n) is 2.72. The van der Waals surface area contributed by atoms with Gasteiger partial charge in [0.05, 0.1) is 11.8 Å². The Kier molecular flexibility index (Phi) is 7.03. The van der Waals surface area contributed by atoms with E-state index in [1.165, 1.54) is 0 Å². The summed E-state index contributed by atoms with van der Waals surface area (Å²) in [4.78, 5) is 12.4. The molecule has 1 fully saturated rings. The first kappa shape index (κ1) is 20.0. The van der Waals surface area contributed by atoms with E-state index in [1.54, 1.807) is 6.07 Å². The van der Waals surface area contributed by atoms with Crippen LogP contribution in [0.5, 0.6) is 5.75 Å². The van der Waals surface area contributed by atoms with Crippen LogP contribution in [0.2, 0.25) is 0 Å². The molecule has 1 aliphatic heterocycles. The average molecular weight is 496 g/mol. The second kappa shape index (κ2) is 9.48. The fourth-order valence-corrected chi connectivity index (χ4v) is 3.44. The molecule has 0 saturated carbocycles. The number of rotatable bonds is 5.